The number of carbonyl (C=O) groups is 1. The number of halogens is 1. The monoisotopic (exact) mass is 576 g/mol. The van der Waals surface area contributed by atoms with E-state index in [-0.39, 0.29) is 47.4 Å². The highest BCUT2D eigenvalue weighted by atomic mass is 19.1. The lowest BCUT2D eigenvalue weighted by atomic mass is 9.61. The normalized spacial score (nSPS) is 19.2. The predicted octanol–water partition coefficient (Wildman–Crippen LogP) is 3.90. The Morgan fingerprint density at radius 3 is 2.76 bits per heavy atom. The molecule has 6 rings (SSSR count). The molecule has 0 radical (unpaired) electrons. The largest absolute Gasteiger partial charge is 0.490 e. The van der Waals surface area contributed by atoms with Crippen LogP contribution in [0, 0.1) is 11.2 Å². The molecule has 1 saturated heterocycles. The second kappa shape index (κ2) is 11.4. The Morgan fingerprint density at radius 1 is 1.21 bits per heavy atom. The van der Waals surface area contributed by atoms with Crippen LogP contribution in [-0.2, 0) is 6.42 Å². The van der Waals surface area contributed by atoms with Crippen molar-refractivity contribution in [1.82, 2.24) is 25.2 Å². The van der Waals surface area contributed by atoms with Crippen LogP contribution < -0.4 is 19.7 Å². The minimum atomic E-state index is -0.503. The summed E-state index contributed by atoms with van der Waals surface area (Å²) in [5.41, 5.74) is 2.25. The molecule has 2 aromatic heterocycles. The summed E-state index contributed by atoms with van der Waals surface area (Å²) in [7, 11) is 0. The van der Waals surface area contributed by atoms with Gasteiger partial charge >= 0.3 is 0 Å². The third-order valence-corrected chi connectivity index (χ3v) is 8.56. The molecule has 4 heterocycles. The number of hydrogen-bond acceptors (Lipinski definition) is 9. The molecule has 0 bridgehead atoms. The molecule has 10 nitrogen and oxygen atoms in total. The average Bonchev–Trinajstić information content (AvgIpc) is 2.94. The van der Waals surface area contributed by atoms with Crippen LogP contribution in [0.4, 0.5) is 10.2 Å². The van der Waals surface area contributed by atoms with Gasteiger partial charge in [-0.05, 0) is 57.9 Å². The Kier molecular flexibility index (Phi) is 7.71. The first kappa shape index (κ1) is 28.3. The van der Waals surface area contributed by atoms with Crippen LogP contribution in [0.3, 0.4) is 0 Å². The van der Waals surface area contributed by atoms with Crippen molar-refractivity contribution in [1.29, 1.82) is 0 Å². The van der Waals surface area contributed by atoms with Crippen molar-refractivity contribution >= 4 is 11.7 Å². The van der Waals surface area contributed by atoms with Gasteiger partial charge in [-0.3, -0.25) is 9.78 Å². The van der Waals surface area contributed by atoms with Crippen molar-refractivity contribution in [3.8, 4) is 17.2 Å². The van der Waals surface area contributed by atoms with E-state index in [2.05, 4.69) is 25.2 Å². The number of benzene rings is 1. The molecule has 3 aliphatic rings. The van der Waals surface area contributed by atoms with Crippen molar-refractivity contribution in [2.75, 3.05) is 37.7 Å². The van der Waals surface area contributed by atoms with Gasteiger partial charge in [-0.15, -0.1) is 0 Å². The molecule has 2 fully saturated rings. The Morgan fingerprint density at radius 2 is 2.02 bits per heavy atom. The highest BCUT2D eigenvalue weighted by molar-refractivity contribution is 5.97. The van der Waals surface area contributed by atoms with Gasteiger partial charge in [-0.25, -0.2) is 14.4 Å². The highest BCUT2D eigenvalue weighted by Gasteiger charge is 2.54. The number of aliphatic hydroxyl groups excluding tert-OH is 1. The van der Waals surface area contributed by atoms with Gasteiger partial charge in [-0.2, -0.15) is 0 Å². The van der Waals surface area contributed by atoms with Crippen LogP contribution in [0.25, 0.3) is 0 Å². The first-order chi connectivity index (χ1) is 20.3. The predicted molar refractivity (Wildman–Crippen MR) is 154 cm³/mol. The van der Waals surface area contributed by atoms with E-state index in [0.29, 0.717) is 18.1 Å². The zero-order chi connectivity index (χ0) is 29.4. The summed E-state index contributed by atoms with van der Waals surface area (Å²) in [4.78, 5) is 30.2. The SMILES string of the molecule is CCN(C(=O)c1cc(F)ccc1Oc1cncnc1N1CC2(CC(Oc3ccnc4c3C(CO)NCC4)C2)C1)C(C)C. The molecule has 1 amide bonds. The molecule has 3 aromatic rings. The maximum Gasteiger partial charge on any atom is 0.257 e. The fourth-order valence-corrected chi connectivity index (χ4v) is 6.53. The van der Waals surface area contributed by atoms with Crippen LogP contribution >= 0.6 is 0 Å². The number of pyridine rings is 1. The van der Waals surface area contributed by atoms with Gasteiger partial charge in [0.05, 0.1) is 30.1 Å². The van der Waals surface area contributed by atoms with E-state index in [4.69, 9.17) is 9.47 Å². The third kappa shape index (κ3) is 5.27. The molecule has 2 aliphatic heterocycles. The zero-order valence-corrected chi connectivity index (χ0v) is 24.2. The Bertz CT molecular complexity index is 1460. The number of fused-ring (bicyclic) bond motifs is 1. The molecule has 1 atom stereocenters. The summed E-state index contributed by atoms with van der Waals surface area (Å²) < 4.78 is 26.8. The number of carbonyl (C=O) groups excluding carboxylic acids is 1. The lowest BCUT2D eigenvalue weighted by Crippen LogP contribution is -2.65. The van der Waals surface area contributed by atoms with Crippen LogP contribution in [0.5, 0.6) is 17.2 Å². The van der Waals surface area contributed by atoms with Gasteiger partial charge in [0.25, 0.3) is 5.91 Å². The summed E-state index contributed by atoms with van der Waals surface area (Å²) >= 11 is 0. The molecule has 42 heavy (non-hydrogen) atoms. The number of aliphatic hydroxyl groups is 1. The maximum absolute atomic E-state index is 14.2. The molecule has 11 heteroatoms. The number of amides is 1. The van der Waals surface area contributed by atoms with E-state index < -0.39 is 5.82 Å². The van der Waals surface area contributed by atoms with Gasteiger partial charge in [0.1, 0.15) is 29.7 Å². The van der Waals surface area contributed by atoms with E-state index in [9.17, 15) is 14.3 Å². The molecular weight excluding hydrogens is 539 g/mol. The van der Waals surface area contributed by atoms with Crippen molar-refractivity contribution in [2.45, 2.75) is 58.2 Å². The van der Waals surface area contributed by atoms with E-state index in [1.807, 2.05) is 26.8 Å². The molecule has 1 spiro atoms. The minimum Gasteiger partial charge on any atom is -0.490 e. The summed E-state index contributed by atoms with van der Waals surface area (Å²) in [6.07, 6.45) is 7.58. The summed E-state index contributed by atoms with van der Waals surface area (Å²) in [5, 5.41) is 13.2. The van der Waals surface area contributed by atoms with Crippen molar-refractivity contribution in [2.24, 2.45) is 5.41 Å². The maximum atomic E-state index is 14.2. The lowest BCUT2D eigenvalue weighted by molar-refractivity contribution is -0.0353. The van der Waals surface area contributed by atoms with Crippen LogP contribution in [0.15, 0.2) is 43.0 Å². The van der Waals surface area contributed by atoms with E-state index in [1.165, 1.54) is 24.5 Å². The number of nitrogens with zero attached hydrogens (tertiary/aromatic N) is 5. The topological polar surface area (TPSA) is 113 Å². The fraction of sp³-hybridized carbons (Fsp3) is 0.484. The molecule has 222 valence electrons. The minimum absolute atomic E-state index is 0.00408. The molecule has 1 saturated carbocycles. The van der Waals surface area contributed by atoms with E-state index >= 15 is 0 Å². The van der Waals surface area contributed by atoms with Gasteiger partial charge in [0.2, 0.25) is 0 Å². The Hall–Kier alpha value is -3.83. The lowest BCUT2D eigenvalue weighted by Gasteiger charge is -2.59. The van der Waals surface area contributed by atoms with Gasteiger partial charge in [0, 0.05) is 55.8 Å². The quantitative estimate of drug-likeness (QED) is 0.392. The molecule has 2 N–H and O–H groups in total. The number of rotatable bonds is 9. The van der Waals surface area contributed by atoms with Crippen LogP contribution in [-0.4, -0.2) is 75.8 Å². The first-order valence-electron chi connectivity index (χ1n) is 14.6. The number of aromatic nitrogens is 3. The fourth-order valence-electron chi connectivity index (χ4n) is 6.53. The summed E-state index contributed by atoms with van der Waals surface area (Å²) in [5.74, 6) is 1.33. The summed E-state index contributed by atoms with van der Waals surface area (Å²) in [6, 6.07) is 5.68. The molecule has 1 unspecified atom stereocenters. The van der Waals surface area contributed by atoms with E-state index in [0.717, 1.165) is 55.9 Å². The number of hydrogen-bond donors (Lipinski definition) is 2. The first-order valence-corrected chi connectivity index (χ1v) is 14.6. The number of ether oxygens (including phenoxy) is 2. The average molecular weight is 577 g/mol. The van der Waals surface area contributed by atoms with Crippen molar-refractivity contribution in [3.63, 3.8) is 0 Å². The second-order valence-corrected chi connectivity index (χ2v) is 11.8. The highest BCUT2D eigenvalue weighted by Crippen LogP contribution is 2.52. The number of anilines is 1. The summed E-state index contributed by atoms with van der Waals surface area (Å²) in [6.45, 7) is 8.62. The molecule has 1 aromatic carbocycles. The molecular formula is C31H37FN6O4. The second-order valence-electron chi connectivity index (χ2n) is 11.8. The van der Waals surface area contributed by atoms with E-state index in [1.54, 1.807) is 17.3 Å². The number of nitrogens with one attached hydrogen (secondary N) is 1. The third-order valence-electron chi connectivity index (χ3n) is 8.56. The smallest absolute Gasteiger partial charge is 0.257 e. The Labute approximate surface area is 244 Å². The van der Waals surface area contributed by atoms with Gasteiger partial charge < -0.3 is 29.7 Å². The standard InChI is InChI=1S/C31H37FN6O4/c1-4-38(19(2)3)30(40)22-11-20(32)5-6-25(22)42-27-14-33-18-36-29(27)37-16-31(17-37)12-21(13-31)41-26-8-10-34-23-7-9-35-24(15-39)28(23)26/h5-6,8,10-11,14,18-19,21,24,35,39H,4,7,9,12-13,15-17H2,1-3H3. The Balaban J connectivity index is 1.13. The van der Waals surface area contributed by atoms with Crippen LogP contribution in [0.1, 0.15) is 61.3 Å². The zero-order valence-electron chi connectivity index (χ0n) is 24.2. The van der Waals surface area contributed by atoms with Gasteiger partial charge in [0.15, 0.2) is 11.6 Å². The van der Waals surface area contributed by atoms with Crippen LogP contribution in [0.2, 0.25) is 0 Å². The molecule has 1 aliphatic carbocycles. The van der Waals surface area contributed by atoms with Crippen molar-refractivity contribution < 1.29 is 23.8 Å². The van der Waals surface area contributed by atoms with Crippen molar-refractivity contribution in [3.05, 3.63) is 65.6 Å². The van der Waals surface area contributed by atoms with Gasteiger partial charge in [-0.1, -0.05) is 0 Å².